The minimum atomic E-state index is 0.741. The first-order chi connectivity index (χ1) is 12.8. The van der Waals surface area contributed by atoms with Crippen LogP contribution in [0.5, 0.6) is 5.75 Å². The fraction of sp³-hybridized carbons (Fsp3) is 0.0909. The summed E-state index contributed by atoms with van der Waals surface area (Å²) in [7, 11) is 1.66. The molecule has 128 valence electrons. The van der Waals surface area contributed by atoms with Gasteiger partial charge < -0.3 is 4.74 Å². The Balaban J connectivity index is 1.94. The Morgan fingerprint density at radius 1 is 0.731 bits per heavy atom. The molecule has 0 aliphatic rings. The van der Waals surface area contributed by atoms with Crippen molar-refractivity contribution in [2.45, 2.75) is 6.92 Å². The van der Waals surface area contributed by atoms with Crippen LogP contribution in [0.1, 0.15) is 5.56 Å². The van der Waals surface area contributed by atoms with Crippen LogP contribution < -0.4 is 4.74 Å². The first-order valence-electron chi connectivity index (χ1n) is 8.49. The predicted octanol–water partition coefficient (Wildman–Crippen LogP) is 4.92. The van der Waals surface area contributed by atoms with Crippen molar-refractivity contribution in [2.75, 3.05) is 7.11 Å². The molecule has 1 heterocycles. The van der Waals surface area contributed by atoms with Gasteiger partial charge in [0.05, 0.1) is 7.11 Å². The molecular formula is C22H19N3O. The molecule has 4 heteroatoms. The maximum atomic E-state index is 5.51. The highest BCUT2D eigenvalue weighted by Gasteiger charge is 2.17. The van der Waals surface area contributed by atoms with Gasteiger partial charge in [-0.2, -0.15) is 0 Å². The summed E-state index contributed by atoms with van der Waals surface area (Å²) < 4.78 is 5.51. The van der Waals surface area contributed by atoms with Crippen molar-refractivity contribution in [3.8, 4) is 34.0 Å². The van der Waals surface area contributed by atoms with E-state index in [9.17, 15) is 0 Å². The minimum absolute atomic E-state index is 0.741. The second-order valence-electron chi connectivity index (χ2n) is 6.09. The summed E-state index contributed by atoms with van der Waals surface area (Å²) in [6, 6.07) is 26.2. The quantitative estimate of drug-likeness (QED) is 0.529. The molecule has 0 amide bonds. The number of methoxy groups -OCH3 is 1. The lowest BCUT2D eigenvalue weighted by Crippen LogP contribution is -2.02. The van der Waals surface area contributed by atoms with E-state index in [1.165, 1.54) is 0 Å². The zero-order chi connectivity index (χ0) is 17.9. The van der Waals surface area contributed by atoms with Gasteiger partial charge in [0.1, 0.15) is 22.8 Å². The third kappa shape index (κ3) is 2.97. The average Bonchev–Trinajstić information content (AvgIpc) is 3.15. The smallest absolute Gasteiger partial charge is 0.146 e. The van der Waals surface area contributed by atoms with E-state index in [4.69, 9.17) is 14.9 Å². The fourth-order valence-electron chi connectivity index (χ4n) is 2.95. The zero-order valence-electron chi connectivity index (χ0n) is 14.8. The molecule has 0 spiro atoms. The van der Waals surface area contributed by atoms with Crippen LogP contribution in [-0.4, -0.2) is 22.1 Å². The molecule has 0 aliphatic heterocycles. The molecule has 0 atom stereocenters. The fourth-order valence-corrected chi connectivity index (χ4v) is 2.95. The average molecular weight is 341 g/mol. The molecule has 0 saturated heterocycles. The lowest BCUT2D eigenvalue weighted by molar-refractivity contribution is 0.410. The van der Waals surface area contributed by atoms with Crippen LogP contribution in [0.25, 0.3) is 28.2 Å². The lowest BCUT2D eigenvalue weighted by atomic mass is 10.1. The van der Waals surface area contributed by atoms with Gasteiger partial charge in [-0.25, -0.2) is 0 Å². The van der Waals surface area contributed by atoms with E-state index in [2.05, 4.69) is 0 Å². The third-order valence-electron chi connectivity index (χ3n) is 4.26. The molecule has 0 aliphatic carbocycles. The Kier molecular flexibility index (Phi) is 4.23. The maximum Gasteiger partial charge on any atom is 0.146 e. The maximum absolute atomic E-state index is 5.51. The number of nitrogens with zero attached hydrogens (tertiary/aromatic N) is 3. The van der Waals surface area contributed by atoms with Crippen molar-refractivity contribution in [1.29, 1.82) is 0 Å². The number of rotatable bonds is 4. The minimum Gasteiger partial charge on any atom is -0.494 e. The molecule has 4 nitrogen and oxygen atoms in total. The molecule has 1 aromatic heterocycles. The molecular weight excluding hydrogens is 322 g/mol. The van der Waals surface area contributed by atoms with Gasteiger partial charge in [0, 0.05) is 11.1 Å². The van der Waals surface area contributed by atoms with Crippen molar-refractivity contribution in [3.05, 3.63) is 84.4 Å². The van der Waals surface area contributed by atoms with Crippen LogP contribution in [0.4, 0.5) is 0 Å². The number of aromatic nitrogens is 3. The highest BCUT2D eigenvalue weighted by molar-refractivity contribution is 5.77. The second-order valence-corrected chi connectivity index (χ2v) is 6.09. The Bertz CT molecular complexity index is 967. The topological polar surface area (TPSA) is 39.9 Å². The molecule has 3 aromatic carbocycles. The largest absolute Gasteiger partial charge is 0.494 e. The number of ether oxygens (including phenoxy) is 1. The molecule has 4 aromatic rings. The van der Waals surface area contributed by atoms with Crippen LogP contribution in [0.3, 0.4) is 0 Å². The number of hydrogen-bond donors (Lipinski definition) is 0. The van der Waals surface area contributed by atoms with Crippen molar-refractivity contribution in [1.82, 2.24) is 15.0 Å². The summed E-state index contributed by atoms with van der Waals surface area (Å²) in [5.41, 5.74) is 5.71. The summed E-state index contributed by atoms with van der Waals surface area (Å²) in [5.74, 6) is 0.741. The van der Waals surface area contributed by atoms with Gasteiger partial charge in [-0.05, 0) is 24.6 Å². The van der Waals surface area contributed by atoms with Gasteiger partial charge in [-0.15, -0.1) is 15.0 Å². The van der Waals surface area contributed by atoms with Crippen LogP contribution in [-0.2, 0) is 0 Å². The van der Waals surface area contributed by atoms with Gasteiger partial charge in [0.2, 0.25) is 0 Å². The summed E-state index contributed by atoms with van der Waals surface area (Å²) in [6.07, 6.45) is 0. The van der Waals surface area contributed by atoms with Crippen molar-refractivity contribution < 1.29 is 4.74 Å². The van der Waals surface area contributed by atoms with E-state index in [1.807, 2.05) is 85.8 Å². The van der Waals surface area contributed by atoms with Crippen molar-refractivity contribution in [3.63, 3.8) is 0 Å². The van der Waals surface area contributed by atoms with Crippen molar-refractivity contribution >= 4 is 0 Å². The van der Waals surface area contributed by atoms with E-state index in [1.54, 1.807) is 11.9 Å². The van der Waals surface area contributed by atoms with Crippen LogP contribution in [0.2, 0.25) is 0 Å². The number of aryl methyl sites for hydroxylation is 1. The van der Waals surface area contributed by atoms with Crippen molar-refractivity contribution in [2.24, 2.45) is 0 Å². The summed E-state index contributed by atoms with van der Waals surface area (Å²) in [5, 5.41) is 9.60. The highest BCUT2D eigenvalue weighted by atomic mass is 16.5. The van der Waals surface area contributed by atoms with Gasteiger partial charge in [0.15, 0.2) is 0 Å². The molecule has 0 bridgehead atoms. The van der Waals surface area contributed by atoms with E-state index < -0.39 is 0 Å². The van der Waals surface area contributed by atoms with Crippen LogP contribution >= 0.6 is 0 Å². The number of hydrogen-bond acceptors (Lipinski definition) is 3. The Labute approximate surface area is 152 Å². The van der Waals surface area contributed by atoms with E-state index in [0.29, 0.717) is 0 Å². The molecule has 0 N–H and O–H groups in total. The normalized spacial score (nSPS) is 10.7. The molecule has 0 saturated carbocycles. The zero-order valence-corrected chi connectivity index (χ0v) is 14.8. The van der Waals surface area contributed by atoms with E-state index >= 15 is 0 Å². The van der Waals surface area contributed by atoms with Gasteiger partial charge >= 0.3 is 0 Å². The predicted molar refractivity (Wildman–Crippen MR) is 104 cm³/mol. The van der Waals surface area contributed by atoms with Crippen LogP contribution in [0, 0.1) is 6.92 Å². The third-order valence-corrected chi connectivity index (χ3v) is 4.26. The van der Waals surface area contributed by atoms with Crippen LogP contribution in [0.15, 0.2) is 78.9 Å². The first-order valence-corrected chi connectivity index (χ1v) is 8.49. The molecule has 26 heavy (non-hydrogen) atoms. The standard InChI is InChI=1S/C22H19N3O/c1-16-13-14-20(26-2)19(15-16)25-23-21(17-9-5-3-6-10-17)22(24-25)18-11-7-4-8-12-18/h3-15H,1-2H3. The van der Waals surface area contributed by atoms with E-state index in [0.717, 1.165) is 39.5 Å². The van der Waals surface area contributed by atoms with Gasteiger partial charge in [-0.3, -0.25) is 0 Å². The Morgan fingerprint density at radius 2 is 1.27 bits per heavy atom. The second kappa shape index (κ2) is 6.84. The van der Waals surface area contributed by atoms with Gasteiger partial charge in [0.25, 0.3) is 0 Å². The summed E-state index contributed by atoms with van der Waals surface area (Å²) in [6.45, 7) is 2.04. The molecule has 0 radical (unpaired) electrons. The van der Waals surface area contributed by atoms with Gasteiger partial charge in [-0.1, -0.05) is 66.7 Å². The SMILES string of the molecule is COc1ccc(C)cc1-n1nc(-c2ccccc2)c(-c2ccccc2)n1. The molecule has 4 rings (SSSR count). The number of benzene rings is 3. The highest BCUT2D eigenvalue weighted by Crippen LogP contribution is 2.31. The van der Waals surface area contributed by atoms with E-state index in [-0.39, 0.29) is 0 Å². The summed E-state index contributed by atoms with van der Waals surface area (Å²) >= 11 is 0. The summed E-state index contributed by atoms with van der Waals surface area (Å²) in [4.78, 5) is 1.66. The Morgan fingerprint density at radius 3 is 1.77 bits per heavy atom. The monoisotopic (exact) mass is 341 g/mol. The molecule has 0 fully saturated rings. The Hall–Kier alpha value is -3.40. The molecule has 0 unspecified atom stereocenters. The lowest BCUT2D eigenvalue weighted by Gasteiger charge is -2.07. The first kappa shape index (κ1) is 16.1.